The molecule has 1 aromatic heterocycles. The number of benzene rings is 2. The zero-order valence-corrected chi connectivity index (χ0v) is 28.2. The van der Waals surface area contributed by atoms with Crippen molar-refractivity contribution in [1.82, 2.24) is 25.5 Å². The SMILES string of the molecule is CCCCCCN(C)CC(Cc1c[nH]c2ccccc12)NC(=O)C(CCC[N+](=O)[O-])N(N=C(N)N)C(=O)C(Cc1ccccc1)NC(=O)O. The lowest BCUT2D eigenvalue weighted by Gasteiger charge is -2.32. The number of amides is 3. The molecule has 0 aliphatic carbocycles. The van der Waals surface area contributed by atoms with Gasteiger partial charge in [0.1, 0.15) is 12.1 Å². The van der Waals surface area contributed by atoms with Crippen LogP contribution in [-0.4, -0.2) is 93.6 Å². The Morgan fingerprint density at radius 3 is 2.39 bits per heavy atom. The minimum absolute atomic E-state index is 0.0578. The van der Waals surface area contributed by atoms with Gasteiger partial charge in [-0.2, -0.15) is 0 Å². The number of nitrogens with one attached hydrogen (secondary N) is 3. The number of nitrogens with two attached hydrogens (primary N) is 2. The van der Waals surface area contributed by atoms with Crippen LogP contribution in [-0.2, 0) is 22.4 Å². The molecule has 49 heavy (non-hydrogen) atoms. The van der Waals surface area contributed by atoms with E-state index < -0.39 is 53.5 Å². The average Bonchev–Trinajstić information content (AvgIpc) is 3.46. The number of rotatable bonds is 21. The Kier molecular flexibility index (Phi) is 15.3. The van der Waals surface area contributed by atoms with Crippen molar-refractivity contribution in [2.24, 2.45) is 16.6 Å². The van der Waals surface area contributed by atoms with Crippen molar-refractivity contribution in [1.29, 1.82) is 0 Å². The van der Waals surface area contributed by atoms with E-state index in [4.69, 9.17) is 11.5 Å². The van der Waals surface area contributed by atoms with Gasteiger partial charge in [-0.3, -0.25) is 19.7 Å². The van der Waals surface area contributed by atoms with Gasteiger partial charge in [0.25, 0.3) is 5.91 Å². The van der Waals surface area contributed by atoms with Gasteiger partial charge < -0.3 is 37.1 Å². The van der Waals surface area contributed by atoms with Crippen LogP contribution in [0.3, 0.4) is 0 Å². The molecule has 0 aliphatic rings. The molecule has 0 saturated carbocycles. The van der Waals surface area contributed by atoms with Crippen molar-refractivity contribution in [3.05, 3.63) is 82.0 Å². The fraction of sp³-hybridized carbons (Fsp3) is 0.471. The van der Waals surface area contributed by atoms with Crippen molar-refractivity contribution >= 4 is 34.8 Å². The van der Waals surface area contributed by atoms with Gasteiger partial charge in [0.15, 0.2) is 0 Å². The number of para-hydroxylation sites is 1. The Balaban J connectivity index is 1.96. The van der Waals surface area contributed by atoms with Gasteiger partial charge in [-0.1, -0.05) is 74.7 Å². The van der Waals surface area contributed by atoms with Crippen LogP contribution < -0.4 is 22.1 Å². The molecule has 0 fully saturated rings. The van der Waals surface area contributed by atoms with Gasteiger partial charge in [-0.15, -0.1) is 5.10 Å². The minimum Gasteiger partial charge on any atom is -0.465 e. The lowest BCUT2D eigenvalue weighted by Crippen LogP contribution is -2.57. The molecule has 0 spiro atoms. The standard InChI is InChI=1S/C34H49N9O6/c1-3-4-5-11-18-41(2)23-26(21-25-22-37-28-16-10-9-15-27(25)28)38-31(44)30(17-12-19-42(48)49)43(40-33(35)36)32(45)29(39-34(46)47)20-24-13-7-6-8-14-24/h6-10,13-16,22,26,29-30,37,39H,3-5,11-12,17-21,23H2,1-2H3,(H,38,44)(H,46,47)(H4,35,36,40). The normalized spacial score (nSPS) is 13.0. The summed E-state index contributed by atoms with van der Waals surface area (Å²) < 4.78 is 0. The monoisotopic (exact) mass is 679 g/mol. The Morgan fingerprint density at radius 2 is 1.71 bits per heavy atom. The number of aromatic amines is 1. The van der Waals surface area contributed by atoms with E-state index in [-0.39, 0.29) is 19.3 Å². The summed E-state index contributed by atoms with van der Waals surface area (Å²) in [5, 5.41) is 31.9. The van der Waals surface area contributed by atoms with Crippen LogP contribution in [0.1, 0.15) is 56.6 Å². The molecule has 3 aromatic rings. The summed E-state index contributed by atoms with van der Waals surface area (Å²) in [6.07, 6.45) is 4.92. The van der Waals surface area contributed by atoms with Crippen LogP contribution in [0.5, 0.6) is 0 Å². The highest BCUT2D eigenvalue weighted by Crippen LogP contribution is 2.20. The third-order valence-corrected chi connectivity index (χ3v) is 8.16. The molecular weight excluding hydrogens is 630 g/mol. The van der Waals surface area contributed by atoms with Gasteiger partial charge in [0.2, 0.25) is 18.4 Å². The van der Waals surface area contributed by atoms with E-state index >= 15 is 0 Å². The first kappa shape index (κ1) is 38.3. The van der Waals surface area contributed by atoms with Gasteiger partial charge in [0.05, 0.1) is 0 Å². The number of aromatic nitrogens is 1. The highest BCUT2D eigenvalue weighted by atomic mass is 16.6. The van der Waals surface area contributed by atoms with E-state index in [1.165, 1.54) is 0 Å². The second kappa shape index (κ2) is 19.6. The van der Waals surface area contributed by atoms with E-state index in [2.05, 4.69) is 32.5 Å². The van der Waals surface area contributed by atoms with E-state index in [1.807, 2.05) is 37.5 Å². The number of hydrogen-bond acceptors (Lipinski definition) is 7. The third kappa shape index (κ3) is 12.7. The van der Waals surface area contributed by atoms with Crippen LogP contribution in [0.2, 0.25) is 0 Å². The molecule has 0 aliphatic heterocycles. The van der Waals surface area contributed by atoms with E-state index in [1.54, 1.807) is 30.3 Å². The third-order valence-electron chi connectivity index (χ3n) is 8.16. The van der Waals surface area contributed by atoms with Gasteiger partial charge in [0, 0.05) is 47.5 Å². The summed E-state index contributed by atoms with van der Waals surface area (Å²) in [4.78, 5) is 56.2. The Labute approximate surface area is 286 Å². The summed E-state index contributed by atoms with van der Waals surface area (Å²) in [6, 6.07) is 13.4. The molecule has 3 rings (SSSR count). The number of carboxylic acid groups (broad SMARTS) is 1. The molecule has 15 heteroatoms. The highest BCUT2D eigenvalue weighted by molar-refractivity contribution is 5.92. The molecular formula is C34H49N9O6. The summed E-state index contributed by atoms with van der Waals surface area (Å²) >= 11 is 0. The van der Waals surface area contributed by atoms with Crippen LogP contribution in [0.4, 0.5) is 4.79 Å². The molecule has 8 N–H and O–H groups in total. The number of hydrazone groups is 1. The predicted octanol–water partition coefficient (Wildman–Crippen LogP) is 3.03. The average molecular weight is 680 g/mol. The van der Waals surface area contributed by atoms with Crippen molar-refractivity contribution in [2.75, 3.05) is 26.7 Å². The fourth-order valence-electron chi connectivity index (χ4n) is 5.83. The molecule has 15 nitrogen and oxygen atoms in total. The maximum Gasteiger partial charge on any atom is 0.405 e. The minimum atomic E-state index is -1.46. The van der Waals surface area contributed by atoms with Crippen molar-refractivity contribution in [3.8, 4) is 0 Å². The summed E-state index contributed by atoms with van der Waals surface area (Å²) in [7, 11) is 1.98. The molecule has 0 saturated heterocycles. The summed E-state index contributed by atoms with van der Waals surface area (Å²) in [5.74, 6) is -2.06. The number of nitro groups is 1. The summed E-state index contributed by atoms with van der Waals surface area (Å²) in [5.41, 5.74) is 14.0. The predicted molar refractivity (Wildman–Crippen MR) is 188 cm³/mol. The molecule has 1 heterocycles. The number of likely N-dealkylation sites (N-methyl/N-ethyl adjacent to an activating group) is 1. The van der Waals surface area contributed by atoms with E-state index in [9.17, 15) is 29.6 Å². The molecule has 3 atom stereocenters. The number of carbonyl (C=O) groups is 3. The molecule has 0 bridgehead atoms. The van der Waals surface area contributed by atoms with Crippen molar-refractivity contribution in [2.45, 2.75) is 76.4 Å². The van der Waals surface area contributed by atoms with Gasteiger partial charge in [-0.25, -0.2) is 9.80 Å². The number of carbonyl (C=O) groups excluding carboxylic acids is 2. The van der Waals surface area contributed by atoms with E-state index in [0.717, 1.165) is 53.7 Å². The zero-order chi connectivity index (χ0) is 35.8. The quantitative estimate of drug-likeness (QED) is 0.0319. The zero-order valence-electron chi connectivity index (χ0n) is 28.2. The van der Waals surface area contributed by atoms with Crippen LogP contribution in [0.25, 0.3) is 10.9 Å². The lowest BCUT2D eigenvalue weighted by atomic mass is 10.0. The Hall–Kier alpha value is -5.18. The molecule has 3 amide bonds. The van der Waals surface area contributed by atoms with Crippen LogP contribution in [0.15, 0.2) is 65.9 Å². The maximum absolute atomic E-state index is 14.2. The van der Waals surface area contributed by atoms with Crippen LogP contribution >= 0.6 is 0 Å². The largest absolute Gasteiger partial charge is 0.465 e. The second-order valence-electron chi connectivity index (χ2n) is 12.2. The first-order valence-electron chi connectivity index (χ1n) is 16.6. The number of guanidine groups is 1. The first-order valence-corrected chi connectivity index (χ1v) is 16.6. The lowest BCUT2D eigenvalue weighted by molar-refractivity contribution is -0.480. The molecule has 3 unspecified atom stereocenters. The molecule has 0 radical (unpaired) electrons. The summed E-state index contributed by atoms with van der Waals surface area (Å²) in [6.45, 7) is 2.98. The van der Waals surface area contributed by atoms with Crippen molar-refractivity contribution in [3.63, 3.8) is 0 Å². The number of hydrogen-bond donors (Lipinski definition) is 6. The number of unbranched alkanes of at least 4 members (excludes halogenated alkanes) is 3. The molecule has 2 aromatic carbocycles. The highest BCUT2D eigenvalue weighted by Gasteiger charge is 2.36. The maximum atomic E-state index is 14.2. The second-order valence-corrected chi connectivity index (χ2v) is 12.2. The number of H-pyrrole nitrogens is 1. The topological polar surface area (TPSA) is 225 Å². The fourth-order valence-corrected chi connectivity index (χ4v) is 5.83. The van der Waals surface area contributed by atoms with Gasteiger partial charge in [-0.05, 0) is 50.0 Å². The first-order chi connectivity index (χ1) is 23.5. The van der Waals surface area contributed by atoms with Crippen LogP contribution in [0, 0.1) is 10.1 Å². The Morgan fingerprint density at radius 1 is 1.00 bits per heavy atom. The Bertz CT molecular complexity index is 1540. The van der Waals surface area contributed by atoms with E-state index in [0.29, 0.717) is 18.5 Å². The smallest absolute Gasteiger partial charge is 0.405 e. The number of nitrogens with zero attached hydrogens (tertiary/aromatic N) is 4. The number of fused-ring (bicyclic) bond motifs is 1. The van der Waals surface area contributed by atoms with Crippen molar-refractivity contribution < 1.29 is 24.4 Å². The van der Waals surface area contributed by atoms with Gasteiger partial charge >= 0.3 is 6.09 Å². The molecule has 266 valence electrons.